The highest BCUT2D eigenvalue weighted by atomic mass is 32.1. The maximum absolute atomic E-state index is 12.3. The lowest BCUT2D eigenvalue weighted by molar-refractivity contribution is -0.116. The quantitative estimate of drug-likeness (QED) is 0.475. The average Bonchev–Trinajstić information content (AvgIpc) is 3.07. The summed E-state index contributed by atoms with van der Waals surface area (Å²) < 4.78 is 0. The number of aromatic nitrogens is 1. The Kier molecular flexibility index (Phi) is 6.76. The molecule has 0 aliphatic rings. The van der Waals surface area contributed by atoms with E-state index in [1.165, 1.54) is 18.3 Å². The molecule has 0 bridgehead atoms. The van der Waals surface area contributed by atoms with E-state index in [2.05, 4.69) is 26.3 Å². The number of anilines is 4. The average molecular weight is 423 g/mol. The lowest BCUT2D eigenvalue weighted by atomic mass is 10.2. The standard InChI is InChI=1S/C21H21N5O3S/c1-13-5-3-6-15(9-13)24-20(29)26-21-25-18(12-30-21)11-19(28)23-17-8-4-7-16(10-17)22-14(2)27/h3-10,12H,11H2,1-2H3,(H,22,27)(H,23,28)(H2,24,25,26,29). The summed E-state index contributed by atoms with van der Waals surface area (Å²) in [5.74, 6) is -0.441. The first-order valence-electron chi connectivity index (χ1n) is 9.14. The van der Waals surface area contributed by atoms with Gasteiger partial charge < -0.3 is 16.0 Å². The number of carbonyl (C=O) groups is 3. The van der Waals surface area contributed by atoms with Gasteiger partial charge in [0.15, 0.2) is 5.13 Å². The van der Waals surface area contributed by atoms with Gasteiger partial charge in [0.1, 0.15) is 0 Å². The Bertz CT molecular complexity index is 1080. The van der Waals surface area contributed by atoms with Crippen molar-refractivity contribution in [3.63, 3.8) is 0 Å². The first kappa shape index (κ1) is 21.0. The van der Waals surface area contributed by atoms with Gasteiger partial charge in [-0.2, -0.15) is 0 Å². The zero-order valence-electron chi connectivity index (χ0n) is 16.5. The second-order valence-corrected chi connectivity index (χ2v) is 7.44. The van der Waals surface area contributed by atoms with Crippen LogP contribution in [0.2, 0.25) is 0 Å². The molecule has 9 heteroatoms. The summed E-state index contributed by atoms with van der Waals surface area (Å²) >= 11 is 1.24. The predicted octanol–water partition coefficient (Wildman–Crippen LogP) is 4.24. The van der Waals surface area contributed by atoms with Gasteiger partial charge >= 0.3 is 6.03 Å². The Hall–Kier alpha value is -3.72. The fraction of sp³-hybridized carbons (Fsp3) is 0.143. The van der Waals surface area contributed by atoms with E-state index in [4.69, 9.17) is 0 Å². The van der Waals surface area contributed by atoms with Crippen LogP contribution in [0.25, 0.3) is 0 Å². The molecule has 2 aromatic carbocycles. The molecule has 1 aromatic heterocycles. The molecule has 1 heterocycles. The molecule has 0 unspecified atom stereocenters. The minimum Gasteiger partial charge on any atom is -0.326 e. The van der Waals surface area contributed by atoms with Crippen molar-refractivity contribution < 1.29 is 14.4 Å². The smallest absolute Gasteiger partial charge is 0.325 e. The van der Waals surface area contributed by atoms with Crippen LogP contribution >= 0.6 is 11.3 Å². The Balaban J connectivity index is 1.53. The van der Waals surface area contributed by atoms with Gasteiger partial charge in [-0.1, -0.05) is 18.2 Å². The van der Waals surface area contributed by atoms with Crippen LogP contribution in [-0.4, -0.2) is 22.8 Å². The van der Waals surface area contributed by atoms with Crippen LogP contribution in [0.15, 0.2) is 53.9 Å². The molecule has 30 heavy (non-hydrogen) atoms. The third-order valence-electron chi connectivity index (χ3n) is 3.86. The van der Waals surface area contributed by atoms with Gasteiger partial charge in [0.25, 0.3) is 0 Å². The van der Waals surface area contributed by atoms with Crippen molar-refractivity contribution >= 4 is 51.4 Å². The van der Waals surface area contributed by atoms with E-state index in [1.54, 1.807) is 35.7 Å². The van der Waals surface area contributed by atoms with Crippen molar-refractivity contribution in [2.24, 2.45) is 0 Å². The Morgan fingerprint density at radius 1 is 0.900 bits per heavy atom. The summed E-state index contributed by atoms with van der Waals surface area (Å²) in [6.45, 7) is 3.36. The fourth-order valence-electron chi connectivity index (χ4n) is 2.68. The van der Waals surface area contributed by atoms with Crippen LogP contribution in [0.1, 0.15) is 18.2 Å². The molecular weight excluding hydrogens is 402 g/mol. The Labute approximate surface area is 177 Å². The number of nitrogens with zero attached hydrogens (tertiary/aromatic N) is 1. The molecule has 3 aromatic rings. The monoisotopic (exact) mass is 423 g/mol. The number of hydrogen-bond acceptors (Lipinski definition) is 5. The molecular formula is C21H21N5O3S. The van der Waals surface area contributed by atoms with Crippen molar-refractivity contribution in [2.45, 2.75) is 20.3 Å². The number of amides is 4. The largest absolute Gasteiger partial charge is 0.326 e. The lowest BCUT2D eigenvalue weighted by Gasteiger charge is -2.07. The summed E-state index contributed by atoms with van der Waals surface area (Å²) in [6.07, 6.45) is 0.0576. The normalized spacial score (nSPS) is 10.2. The van der Waals surface area contributed by atoms with Crippen LogP contribution in [0.5, 0.6) is 0 Å². The van der Waals surface area contributed by atoms with E-state index in [-0.39, 0.29) is 18.2 Å². The summed E-state index contributed by atoms with van der Waals surface area (Å²) in [7, 11) is 0. The number of hydrogen-bond donors (Lipinski definition) is 4. The summed E-state index contributed by atoms with van der Waals surface area (Å²) in [5, 5.41) is 13.0. The number of benzene rings is 2. The summed E-state index contributed by atoms with van der Waals surface area (Å²) in [4.78, 5) is 39.8. The molecule has 154 valence electrons. The van der Waals surface area contributed by atoms with Crippen molar-refractivity contribution in [1.82, 2.24) is 4.98 Å². The van der Waals surface area contributed by atoms with Gasteiger partial charge in [-0.25, -0.2) is 9.78 Å². The second-order valence-electron chi connectivity index (χ2n) is 6.58. The highest BCUT2D eigenvalue weighted by Gasteiger charge is 2.11. The Morgan fingerprint density at radius 3 is 2.27 bits per heavy atom. The van der Waals surface area contributed by atoms with Crippen molar-refractivity contribution in [3.8, 4) is 0 Å². The molecule has 0 saturated heterocycles. The van der Waals surface area contributed by atoms with Crippen molar-refractivity contribution in [1.29, 1.82) is 0 Å². The van der Waals surface area contributed by atoms with Crippen molar-refractivity contribution in [2.75, 3.05) is 21.3 Å². The number of carbonyl (C=O) groups excluding carboxylic acids is 3. The second kappa shape index (κ2) is 9.66. The molecule has 0 aliphatic heterocycles. The maximum atomic E-state index is 12.3. The topological polar surface area (TPSA) is 112 Å². The molecule has 0 saturated carbocycles. The number of rotatable bonds is 6. The first-order valence-corrected chi connectivity index (χ1v) is 10.0. The molecule has 0 atom stereocenters. The SMILES string of the molecule is CC(=O)Nc1cccc(NC(=O)Cc2csc(NC(=O)Nc3cccc(C)c3)n2)c1. The van der Waals surface area contributed by atoms with Gasteiger partial charge in [-0.15, -0.1) is 11.3 Å². The van der Waals surface area contributed by atoms with E-state index >= 15 is 0 Å². The molecule has 0 radical (unpaired) electrons. The summed E-state index contributed by atoms with van der Waals surface area (Å²) in [5.41, 5.74) is 3.43. The third-order valence-corrected chi connectivity index (χ3v) is 4.66. The zero-order chi connectivity index (χ0) is 21.5. The van der Waals surface area contributed by atoms with E-state index in [0.29, 0.717) is 27.9 Å². The van der Waals surface area contributed by atoms with E-state index in [0.717, 1.165) is 5.56 Å². The van der Waals surface area contributed by atoms with Crippen LogP contribution < -0.4 is 21.3 Å². The molecule has 0 aliphatic carbocycles. The van der Waals surface area contributed by atoms with Crippen LogP contribution in [0, 0.1) is 6.92 Å². The first-order chi connectivity index (χ1) is 14.4. The van der Waals surface area contributed by atoms with Gasteiger partial charge in [0.05, 0.1) is 12.1 Å². The predicted molar refractivity (Wildman–Crippen MR) is 119 cm³/mol. The molecule has 3 rings (SSSR count). The molecule has 8 nitrogen and oxygen atoms in total. The number of nitrogens with one attached hydrogen (secondary N) is 4. The van der Waals surface area contributed by atoms with Crippen LogP contribution in [-0.2, 0) is 16.0 Å². The minimum absolute atomic E-state index is 0.0576. The van der Waals surface area contributed by atoms with Gasteiger partial charge in [0, 0.05) is 29.4 Å². The van der Waals surface area contributed by atoms with E-state index < -0.39 is 6.03 Å². The highest BCUT2D eigenvalue weighted by molar-refractivity contribution is 7.14. The van der Waals surface area contributed by atoms with Crippen molar-refractivity contribution in [3.05, 3.63) is 65.2 Å². The van der Waals surface area contributed by atoms with E-state index in [9.17, 15) is 14.4 Å². The number of urea groups is 1. The highest BCUT2D eigenvalue weighted by Crippen LogP contribution is 2.19. The lowest BCUT2D eigenvalue weighted by Crippen LogP contribution is -2.19. The van der Waals surface area contributed by atoms with Gasteiger partial charge in [0.2, 0.25) is 11.8 Å². The van der Waals surface area contributed by atoms with Crippen LogP contribution in [0.3, 0.4) is 0 Å². The number of thiazole rings is 1. The fourth-order valence-corrected chi connectivity index (χ4v) is 3.38. The Morgan fingerprint density at radius 2 is 1.57 bits per heavy atom. The van der Waals surface area contributed by atoms with Gasteiger partial charge in [-0.3, -0.25) is 14.9 Å². The maximum Gasteiger partial charge on any atom is 0.325 e. The molecule has 4 N–H and O–H groups in total. The molecule has 0 fully saturated rings. The third kappa shape index (κ3) is 6.42. The molecule has 4 amide bonds. The van der Waals surface area contributed by atoms with Crippen LogP contribution in [0.4, 0.5) is 27.0 Å². The van der Waals surface area contributed by atoms with Gasteiger partial charge in [-0.05, 0) is 42.8 Å². The zero-order valence-corrected chi connectivity index (χ0v) is 17.3. The molecule has 0 spiro atoms. The number of aryl methyl sites for hydroxylation is 1. The van der Waals surface area contributed by atoms with E-state index in [1.807, 2.05) is 25.1 Å². The minimum atomic E-state index is -0.402. The summed E-state index contributed by atoms with van der Waals surface area (Å²) in [6, 6.07) is 13.9.